The lowest BCUT2D eigenvalue weighted by Crippen LogP contribution is -2.30. The average Bonchev–Trinajstić information content (AvgIpc) is 3.57. The third-order valence-electron chi connectivity index (χ3n) is 7.53. The zero-order valence-corrected chi connectivity index (χ0v) is 26.4. The third-order valence-corrected chi connectivity index (χ3v) is 8.77. The summed E-state index contributed by atoms with van der Waals surface area (Å²) in [4.78, 5) is 44.4. The molecule has 0 saturated heterocycles. The van der Waals surface area contributed by atoms with Crippen LogP contribution in [0.3, 0.4) is 0 Å². The van der Waals surface area contributed by atoms with Gasteiger partial charge in [-0.1, -0.05) is 84.9 Å². The zero-order valence-electron chi connectivity index (χ0n) is 25.6. The quantitative estimate of drug-likeness (QED) is 0.0896. The number of aromatic nitrogens is 1. The van der Waals surface area contributed by atoms with Gasteiger partial charge < -0.3 is 20.9 Å². The van der Waals surface area contributed by atoms with Gasteiger partial charge in [0.05, 0.1) is 0 Å². The topological polar surface area (TPSA) is 103 Å². The van der Waals surface area contributed by atoms with Crippen LogP contribution in [0, 0.1) is 6.92 Å². The number of benzene rings is 5. The van der Waals surface area contributed by atoms with Crippen molar-refractivity contribution in [2.45, 2.75) is 17.1 Å². The lowest BCUT2D eigenvalue weighted by molar-refractivity contribution is -0.116. The first-order chi connectivity index (χ1) is 22.9. The second-order valence-corrected chi connectivity index (χ2v) is 12.1. The molecular formula is C39H32N4O3S. The van der Waals surface area contributed by atoms with Gasteiger partial charge in [-0.15, -0.1) is 11.8 Å². The van der Waals surface area contributed by atoms with E-state index < -0.39 is 17.1 Å². The molecule has 1 heterocycles. The van der Waals surface area contributed by atoms with Crippen molar-refractivity contribution < 1.29 is 14.4 Å². The van der Waals surface area contributed by atoms with Crippen LogP contribution >= 0.6 is 11.8 Å². The van der Waals surface area contributed by atoms with E-state index in [2.05, 4.69) is 20.9 Å². The van der Waals surface area contributed by atoms with Crippen molar-refractivity contribution in [2.24, 2.45) is 0 Å². The van der Waals surface area contributed by atoms with Crippen LogP contribution in [0.25, 0.3) is 17.0 Å². The monoisotopic (exact) mass is 636 g/mol. The molecule has 4 N–H and O–H groups in total. The molecule has 6 aromatic rings. The summed E-state index contributed by atoms with van der Waals surface area (Å²) in [5.74, 6) is -1.04. The summed E-state index contributed by atoms with van der Waals surface area (Å²) in [5, 5.41) is 9.29. The van der Waals surface area contributed by atoms with E-state index in [1.165, 1.54) is 11.8 Å². The Labute approximate surface area is 277 Å². The number of aryl methyl sites for hydroxylation is 1. The molecule has 47 heavy (non-hydrogen) atoms. The Balaban J connectivity index is 1.23. The number of carbonyl (C=O) groups excluding carboxylic acids is 3. The van der Waals surface area contributed by atoms with Gasteiger partial charge in [0.15, 0.2) is 0 Å². The summed E-state index contributed by atoms with van der Waals surface area (Å²) in [6.07, 6.45) is 3.54. The SMILES string of the molecule is Cc1ccccc1/C=C(\NC(=O)c1ccccc1)C(=O)Nc1cccc(SC(C(=O)Nc2ccc3cc[nH]c3c2)c2ccccc2)c1. The fourth-order valence-corrected chi connectivity index (χ4v) is 6.15. The van der Waals surface area contributed by atoms with Gasteiger partial charge in [-0.2, -0.15) is 0 Å². The highest BCUT2D eigenvalue weighted by Crippen LogP contribution is 2.37. The highest BCUT2D eigenvalue weighted by Gasteiger charge is 2.23. The number of H-pyrrole nitrogens is 1. The van der Waals surface area contributed by atoms with E-state index >= 15 is 0 Å². The zero-order chi connectivity index (χ0) is 32.6. The van der Waals surface area contributed by atoms with Crippen LogP contribution in [0.1, 0.15) is 32.3 Å². The number of aromatic amines is 1. The van der Waals surface area contributed by atoms with Crippen molar-refractivity contribution >= 4 is 57.8 Å². The Morgan fingerprint density at radius 1 is 0.723 bits per heavy atom. The molecule has 3 amide bonds. The van der Waals surface area contributed by atoms with Gasteiger partial charge in [-0.3, -0.25) is 14.4 Å². The third kappa shape index (κ3) is 7.87. The van der Waals surface area contributed by atoms with Gasteiger partial charge in [0.2, 0.25) is 5.91 Å². The predicted octanol–water partition coefficient (Wildman–Crippen LogP) is 8.36. The van der Waals surface area contributed by atoms with Gasteiger partial charge >= 0.3 is 0 Å². The maximum absolute atomic E-state index is 13.7. The number of thioether (sulfide) groups is 1. The minimum Gasteiger partial charge on any atom is -0.361 e. The first-order valence-corrected chi connectivity index (χ1v) is 16.0. The molecule has 1 atom stereocenters. The van der Waals surface area contributed by atoms with Crippen molar-refractivity contribution in [2.75, 3.05) is 10.6 Å². The second-order valence-electron chi connectivity index (χ2n) is 10.9. The highest BCUT2D eigenvalue weighted by atomic mass is 32.2. The Morgan fingerprint density at radius 2 is 1.45 bits per heavy atom. The van der Waals surface area contributed by atoms with Crippen molar-refractivity contribution in [3.63, 3.8) is 0 Å². The summed E-state index contributed by atoms with van der Waals surface area (Å²) >= 11 is 1.38. The summed E-state index contributed by atoms with van der Waals surface area (Å²) in [6.45, 7) is 1.94. The maximum atomic E-state index is 13.7. The van der Waals surface area contributed by atoms with Crippen LogP contribution in [0.15, 0.2) is 150 Å². The van der Waals surface area contributed by atoms with Gasteiger partial charge in [-0.25, -0.2) is 0 Å². The van der Waals surface area contributed by atoms with Crippen molar-refractivity contribution in [3.05, 3.63) is 168 Å². The molecule has 0 saturated carbocycles. The summed E-state index contributed by atoms with van der Waals surface area (Å²) in [6, 6.07) is 41.0. The summed E-state index contributed by atoms with van der Waals surface area (Å²) in [5.41, 5.74) is 5.31. The van der Waals surface area contributed by atoms with E-state index in [9.17, 15) is 14.4 Å². The summed E-state index contributed by atoms with van der Waals surface area (Å²) in [7, 11) is 0. The van der Waals surface area contributed by atoms with E-state index in [1.54, 1.807) is 36.4 Å². The Morgan fingerprint density at radius 3 is 2.23 bits per heavy atom. The van der Waals surface area contributed by atoms with Crippen molar-refractivity contribution in [1.29, 1.82) is 0 Å². The van der Waals surface area contributed by atoms with E-state index in [-0.39, 0.29) is 11.6 Å². The number of rotatable bonds is 10. The van der Waals surface area contributed by atoms with Crippen molar-refractivity contribution in [1.82, 2.24) is 10.3 Å². The number of fused-ring (bicyclic) bond motifs is 1. The number of hydrogen-bond acceptors (Lipinski definition) is 4. The normalized spacial score (nSPS) is 11.9. The Kier molecular flexibility index (Phi) is 9.60. The lowest BCUT2D eigenvalue weighted by atomic mass is 10.1. The predicted molar refractivity (Wildman–Crippen MR) is 190 cm³/mol. The lowest BCUT2D eigenvalue weighted by Gasteiger charge is -2.18. The molecule has 0 radical (unpaired) electrons. The molecule has 0 aliphatic rings. The first-order valence-electron chi connectivity index (χ1n) is 15.1. The van der Waals surface area contributed by atoms with E-state index in [0.717, 1.165) is 32.5 Å². The van der Waals surface area contributed by atoms with Crippen molar-refractivity contribution in [3.8, 4) is 0 Å². The Bertz CT molecular complexity index is 2070. The smallest absolute Gasteiger partial charge is 0.272 e. The van der Waals surface area contributed by atoms with Crippen LogP contribution in [-0.2, 0) is 9.59 Å². The molecule has 6 rings (SSSR count). The number of carbonyl (C=O) groups is 3. The van der Waals surface area contributed by atoms with Gasteiger partial charge in [0.25, 0.3) is 11.8 Å². The molecule has 232 valence electrons. The van der Waals surface area contributed by atoms with Crippen LogP contribution in [0.4, 0.5) is 11.4 Å². The second kappa shape index (κ2) is 14.5. The van der Waals surface area contributed by atoms with Crippen LogP contribution in [0.5, 0.6) is 0 Å². The molecule has 7 nitrogen and oxygen atoms in total. The molecule has 0 fully saturated rings. The largest absolute Gasteiger partial charge is 0.361 e. The van der Waals surface area contributed by atoms with Crippen LogP contribution in [0.2, 0.25) is 0 Å². The van der Waals surface area contributed by atoms with Crippen LogP contribution < -0.4 is 16.0 Å². The van der Waals surface area contributed by atoms with Crippen LogP contribution in [-0.4, -0.2) is 22.7 Å². The molecule has 0 aliphatic heterocycles. The number of anilines is 2. The maximum Gasteiger partial charge on any atom is 0.272 e. The molecule has 0 bridgehead atoms. The van der Waals surface area contributed by atoms with E-state index in [4.69, 9.17) is 0 Å². The standard InChI is InChI=1S/C39H32N4O3S/c1-26-11-8-9-16-30(26)23-35(43-37(44)29-14-6-3-7-15-29)38(45)41-31-17-10-18-33(24-31)47-36(28-12-4-2-5-13-28)39(46)42-32-20-19-27-21-22-40-34(27)25-32/h2-25,36,40H,1H3,(H,41,45)(H,42,46)(H,43,44)/b35-23-. The first kappa shape index (κ1) is 31.1. The Hall–Kier alpha value is -5.86. The molecule has 0 aliphatic carbocycles. The number of amides is 3. The number of hydrogen-bond donors (Lipinski definition) is 4. The molecule has 8 heteroatoms. The molecular weight excluding hydrogens is 605 g/mol. The van der Waals surface area contributed by atoms with Gasteiger partial charge in [0, 0.05) is 33.5 Å². The fourth-order valence-electron chi connectivity index (χ4n) is 5.06. The molecule has 1 unspecified atom stereocenters. The molecule has 5 aromatic carbocycles. The minimum absolute atomic E-state index is 0.104. The molecule has 1 aromatic heterocycles. The fraction of sp³-hybridized carbons (Fsp3) is 0.0513. The summed E-state index contributed by atoms with van der Waals surface area (Å²) < 4.78 is 0. The van der Waals surface area contributed by atoms with E-state index in [0.29, 0.717) is 16.9 Å². The molecule has 0 spiro atoms. The highest BCUT2D eigenvalue weighted by molar-refractivity contribution is 8.00. The average molecular weight is 637 g/mol. The number of nitrogens with one attached hydrogen (secondary N) is 4. The minimum atomic E-state index is -0.567. The van der Waals surface area contributed by atoms with Gasteiger partial charge in [-0.05, 0) is 83.6 Å². The van der Waals surface area contributed by atoms with E-state index in [1.807, 2.05) is 116 Å². The van der Waals surface area contributed by atoms with Gasteiger partial charge in [0.1, 0.15) is 10.9 Å².